The van der Waals surface area contributed by atoms with Gasteiger partial charge < -0.3 is 15.0 Å². The van der Waals surface area contributed by atoms with Crippen molar-refractivity contribution in [1.82, 2.24) is 15.0 Å². The Balaban J connectivity index is 1.44. The maximum absolute atomic E-state index is 12.8. The highest BCUT2D eigenvalue weighted by Gasteiger charge is 2.28. The Morgan fingerprint density at radius 3 is 2.70 bits per heavy atom. The highest BCUT2D eigenvalue weighted by atomic mass is 32.2. The third-order valence-corrected chi connectivity index (χ3v) is 6.78. The largest absolute Gasteiger partial charge is 0.378 e. The van der Waals surface area contributed by atoms with E-state index in [9.17, 15) is 13.2 Å². The summed E-state index contributed by atoms with van der Waals surface area (Å²) in [6.45, 7) is 5.06. The van der Waals surface area contributed by atoms with Crippen LogP contribution in [-0.2, 0) is 21.3 Å². The van der Waals surface area contributed by atoms with Gasteiger partial charge in [-0.3, -0.25) is 4.79 Å². The number of rotatable bonds is 7. The maximum Gasteiger partial charge on any atom is 0.251 e. The molecule has 160 valence electrons. The van der Waals surface area contributed by atoms with Gasteiger partial charge in [0.1, 0.15) is 5.82 Å². The van der Waals surface area contributed by atoms with Gasteiger partial charge in [-0.1, -0.05) is 6.07 Å². The predicted molar refractivity (Wildman–Crippen MR) is 113 cm³/mol. The van der Waals surface area contributed by atoms with Crippen molar-refractivity contribution in [3.8, 4) is 0 Å². The molecule has 1 aliphatic heterocycles. The van der Waals surface area contributed by atoms with Crippen LogP contribution in [0.3, 0.4) is 0 Å². The van der Waals surface area contributed by atoms with E-state index in [2.05, 4.69) is 19.9 Å². The number of benzene rings is 1. The lowest BCUT2D eigenvalue weighted by Crippen LogP contribution is -2.36. The van der Waals surface area contributed by atoms with Crippen molar-refractivity contribution in [2.45, 2.75) is 37.2 Å². The maximum atomic E-state index is 12.8. The average Bonchev–Trinajstić information content (AvgIpc) is 3.56. The minimum absolute atomic E-state index is 0.0148. The molecule has 2 fully saturated rings. The first-order valence-electron chi connectivity index (χ1n) is 10.1. The highest BCUT2D eigenvalue weighted by molar-refractivity contribution is 7.89. The number of nitrogens with zero attached hydrogens (tertiary/aromatic N) is 2. The van der Waals surface area contributed by atoms with E-state index in [0.29, 0.717) is 25.3 Å². The quantitative estimate of drug-likeness (QED) is 0.692. The second-order valence-corrected chi connectivity index (χ2v) is 9.39. The van der Waals surface area contributed by atoms with Crippen LogP contribution in [0, 0.1) is 6.92 Å². The summed E-state index contributed by atoms with van der Waals surface area (Å²) >= 11 is 0. The number of hydrogen-bond donors (Lipinski definition) is 2. The molecule has 0 spiro atoms. The molecule has 1 saturated heterocycles. The molecule has 30 heavy (non-hydrogen) atoms. The SMILES string of the molecule is Cc1ccc(S(=O)(=O)NC2CC2)cc1C(=O)NCc1ccnc(N2CCOCC2)c1. The van der Waals surface area contributed by atoms with Crippen LogP contribution in [0.2, 0.25) is 0 Å². The first kappa shape index (κ1) is 20.8. The molecule has 1 saturated carbocycles. The number of sulfonamides is 1. The van der Waals surface area contributed by atoms with Crippen LogP contribution in [0.15, 0.2) is 41.4 Å². The van der Waals surface area contributed by atoms with Crippen molar-refractivity contribution in [2.75, 3.05) is 31.2 Å². The molecule has 1 aromatic heterocycles. The molecule has 0 bridgehead atoms. The van der Waals surface area contributed by atoms with Crippen LogP contribution in [0.1, 0.15) is 34.3 Å². The number of pyridine rings is 1. The number of aromatic nitrogens is 1. The standard InChI is InChI=1S/C21H26N4O4S/c1-15-2-5-18(30(27,28)24-17-3-4-17)13-19(15)21(26)23-14-16-6-7-22-20(12-16)25-8-10-29-11-9-25/h2,5-7,12-13,17,24H,3-4,8-11,14H2,1H3,(H,23,26). The molecule has 2 N–H and O–H groups in total. The molecule has 2 aromatic rings. The van der Waals surface area contributed by atoms with E-state index in [1.807, 2.05) is 12.1 Å². The summed E-state index contributed by atoms with van der Waals surface area (Å²) in [7, 11) is -3.61. The van der Waals surface area contributed by atoms with Crippen LogP contribution in [0.5, 0.6) is 0 Å². The fraction of sp³-hybridized carbons (Fsp3) is 0.429. The molecule has 1 amide bonds. The molecular weight excluding hydrogens is 404 g/mol. The normalized spacial score (nSPS) is 17.0. The molecule has 0 radical (unpaired) electrons. The number of hydrogen-bond acceptors (Lipinski definition) is 6. The topological polar surface area (TPSA) is 101 Å². The van der Waals surface area contributed by atoms with Crippen molar-refractivity contribution >= 4 is 21.7 Å². The van der Waals surface area contributed by atoms with Gasteiger partial charge in [0.2, 0.25) is 10.0 Å². The van der Waals surface area contributed by atoms with Crippen molar-refractivity contribution < 1.29 is 17.9 Å². The minimum atomic E-state index is -3.61. The van der Waals surface area contributed by atoms with Gasteiger partial charge in [-0.05, 0) is 55.2 Å². The van der Waals surface area contributed by atoms with E-state index in [0.717, 1.165) is 42.9 Å². The van der Waals surface area contributed by atoms with Gasteiger partial charge in [-0.2, -0.15) is 0 Å². The molecule has 8 nitrogen and oxygen atoms in total. The lowest BCUT2D eigenvalue weighted by molar-refractivity contribution is 0.0950. The monoisotopic (exact) mass is 430 g/mol. The van der Waals surface area contributed by atoms with E-state index in [1.165, 1.54) is 12.1 Å². The van der Waals surface area contributed by atoms with Gasteiger partial charge in [0.05, 0.1) is 18.1 Å². The predicted octanol–water partition coefficient (Wildman–Crippen LogP) is 1.60. The second-order valence-electron chi connectivity index (χ2n) is 7.68. The van der Waals surface area contributed by atoms with Gasteiger partial charge >= 0.3 is 0 Å². The molecule has 1 aliphatic carbocycles. The van der Waals surface area contributed by atoms with E-state index in [4.69, 9.17) is 4.74 Å². The number of carbonyl (C=O) groups is 1. The second kappa shape index (κ2) is 8.71. The van der Waals surface area contributed by atoms with Crippen LogP contribution in [-0.4, -0.2) is 51.7 Å². The lowest BCUT2D eigenvalue weighted by Gasteiger charge is -2.28. The lowest BCUT2D eigenvalue weighted by atomic mass is 10.1. The van der Waals surface area contributed by atoms with E-state index in [1.54, 1.807) is 19.2 Å². The molecule has 4 rings (SSSR count). The van der Waals surface area contributed by atoms with Gasteiger partial charge in [0.25, 0.3) is 5.91 Å². The number of carbonyl (C=O) groups excluding carboxylic acids is 1. The van der Waals surface area contributed by atoms with Gasteiger partial charge in [0, 0.05) is 37.4 Å². The highest BCUT2D eigenvalue weighted by Crippen LogP contribution is 2.23. The third-order valence-electron chi connectivity index (χ3n) is 5.26. The fourth-order valence-corrected chi connectivity index (χ4v) is 4.65. The summed E-state index contributed by atoms with van der Waals surface area (Å²) < 4.78 is 33.0. The van der Waals surface area contributed by atoms with Crippen molar-refractivity contribution in [3.05, 3.63) is 53.2 Å². The number of ether oxygens (including phenoxy) is 1. The van der Waals surface area contributed by atoms with Crippen LogP contribution in [0.25, 0.3) is 0 Å². The first-order valence-corrected chi connectivity index (χ1v) is 11.6. The Hall–Kier alpha value is -2.49. The zero-order valence-electron chi connectivity index (χ0n) is 16.9. The number of anilines is 1. The molecular formula is C21H26N4O4S. The summed E-state index contributed by atoms with van der Waals surface area (Å²) in [6, 6.07) is 8.48. The third kappa shape index (κ3) is 4.97. The fourth-order valence-electron chi connectivity index (χ4n) is 3.32. The summed E-state index contributed by atoms with van der Waals surface area (Å²) in [5.41, 5.74) is 2.01. The minimum Gasteiger partial charge on any atom is -0.378 e. The Bertz CT molecular complexity index is 1030. The summed E-state index contributed by atoms with van der Waals surface area (Å²) in [5, 5.41) is 2.89. The van der Waals surface area contributed by atoms with E-state index >= 15 is 0 Å². The number of amides is 1. The Morgan fingerprint density at radius 1 is 1.20 bits per heavy atom. The van der Waals surface area contributed by atoms with E-state index < -0.39 is 10.0 Å². The average molecular weight is 431 g/mol. The van der Waals surface area contributed by atoms with Gasteiger partial charge in [0.15, 0.2) is 0 Å². The zero-order chi connectivity index (χ0) is 21.1. The van der Waals surface area contributed by atoms with Gasteiger partial charge in [-0.15, -0.1) is 0 Å². The Labute approximate surface area is 176 Å². The molecule has 1 aromatic carbocycles. The van der Waals surface area contributed by atoms with Gasteiger partial charge in [-0.25, -0.2) is 18.1 Å². The first-order chi connectivity index (χ1) is 14.4. The van der Waals surface area contributed by atoms with Crippen molar-refractivity contribution in [2.24, 2.45) is 0 Å². The summed E-state index contributed by atoms with van der Waals surface area (Å²) in [6.07, 6.45) is 3.45. The molecule has 0 unspecified atom stereocenters. The number of nitrogens with one attached hydrogen (secondary N) is 2. The van der Waals surface area contributed by atoms with Crippen molar-refractivity contribution in [1.29, 1.82) is 0 Å². The summed E-state index contributed by atoms with van der Waals surface area (Å²) in [4.78, 5) is 19.5. The van der Waals surface area contributed by atoms with Crippen LogP contribution < -0.4 is 14.9 Å². The Kier molecular flexibility index (Phi) is 6.03. The molecule has 2 heterocycles. The molecule has 2 aliphatic rings. The zero-order valence-corrected chi connectivity index (χ0v) is 17.7. The molecule has 9 heteroatoms. The smallest absolute Gasteiger partial charge is 0.251 e. The van der Waals surface area contributed by atoms with Crippen LogP contribution >= 0.6 is 0 Å². The Morgan fingerprint density at radius 2 is 1.97 bits per heavy atom. The molecule has 0 atom stereocenters. The number of aryl methyl sites for hydroxylation is 1. The van der Waals surface area contributed by atoms with Crippen molar-refractivity contribution in [3.63, 3.8) is 0 Å². The van der Waals surface area contributed by atoms with Crippen LogP contribution in [0.4, 0.5) is 5.82 Å². The number of morpholine rings is 1. The van der Waals surface area contributed by atoms with E-state index in [-0.39, 0.29) is 16.8 Å². The summed E-state index contributed by atoms with van der Waals surface area (Å²) in [5.74, 6) is 0.557.